The van der Waals surface area contributed by atoms with Gasteiger partial charge in [-0.05, 0) is 12.0 Å². The Morgan fingerprint density at radius 2 is 1.77 bits per heavy atom. The molecule has 0 saturated carbocycles. The second-order valence-corrected chi connectivity index (χ2v) is 3.04. The van der Waals surface area contributed by atoms with Crippen LogP contribution in [0.4, 0.5) is 0 Å². The maximum absolute atomic E-state index is 10.3. The van der Waals surface area contributed by atoms with Crippen molar-refractivity contribution in [3.63, 3.8) is 0 Å². The van der Waals surface area contributed by atoms with Gasteiger partial charge in [-0.3, -0.25) is 4.79 Å². The van der Waals surface area contributed by atoms with Gasteiger partial charge in [-0.15, -0.1) is 11.6 Å². The number of halogens is 1. The molecule has 0 amide bonds. The molecular formula is C11H11ClO. The largest absolute Gasteiger partial charge is 0.298 e. The van der Waals surface area contributed by atoms with Gasteiger partial charge in [-0.2, -0.15) is 0 Å². The minimum atomic E-state index is 0.642. The number of rotatable bonds is 4. The number of aldehydes is 1. The fraction of sp³-hybridized carbons (Fsp3) is 0.182. The van der Waals surface area contributed by atoms with E-state index in [1.807, 2.05) is 24.3 Å². The zero-order valence-electron chi connectivity index (χ0n) is 7.24. The van der Waals surface area contributed by atoms with Crippen molar-refractivity contribution in [2.45, 2.75) is 6.42 Å². The minimum Gasteiger partial charge on any atom is -0.298 e. The van der Waals surface area contributed by atoms with Crippen LogP contribution in [0.15, 0.2) is 30.3 Å². The minimum absolute atomic E-state index is 0.642. The second kappa shape index (κ2) is 5.55. The molecule has 1 aromatic rings. The van der Waals surface area contributed by atoms with E-state index in [-0.39, 0.29) is 0 Å². The first kappa shape index (κ1) is 10.0. The summed E-state index contributed by atoms with van der Waals surface area (Å²) < 4.78 is 0. The Hall–Kier alpha value is -1.08. The monoisotopic (exact) mass is 194 g/mol. The van der Waals surface area contributed by atoms with Gasteiger partial charge in [0.15, 0.2) is 0 Å². The normalized spacial score (nSPS) is 10.5. The lowest BCUT2D eigenvalue weighted by Gasteiger charge is -1.93. The van der Waals surface area contributed by atoms with Crippen LogP contribution in [0.2, 0.25) is 0 Å². The Balaban J connectivity index is 2.63. The average Bonchev–Trinajstić information content (AvgIpc) is 2.19. The number of benzene rings is 1. The van der Waals surface area contributed by atoms with Crippen molar-refractivity contribution < 1.29 is 4.79 Å². The first-order chi connectivity index (χ1) is 6.36. The van der Waals surface area contributed by atoms with E-state index in [0.29, 0.717) is 11.4 Å². The molecule has 0 aliphatic heterocycles. The van der Waals surface area contributed by atoms with Gasteiger partial charge in [0.1, 0.15) is 6.29 Å². The summed E-state index contributed by atoms with van der Waals surface area (Å²) in [6.07, 6.45) is 5.73. The van der Waals surface area contributed by atoms with Crippen molar-refractivity contribution >= 4 is 24.0 Å². The molecule has 0 spiro atoms. The van der Waals surface area contributed by atoms with E-state index in [0.717, 1.165) is 18.3 Å². The highest BCUT2D eigenvalue weighted by molar-refractivity contribution is 6.17. The SMILES string of the molecule is O=Cc1ccc(C=CCCCl)cc1. The van der Waals surface area contributed by atoms with Crippen LogP contribution in [0.25, 0.3) is 6.08 Å². The van der Waals surface area contributed by atoms with E-state index in [4.69, 9.17) is 11.6 Å². The molecule has 0 radical (unpaired) electrons. The smallest absolute Gasteiger partial charge is 0.150 e. The van der Waals surface area contributed by atoms with Gasteiger partial charge in [-0.25, -0.2) is 0 Å². The summed E-state index contributed by atoms with van der Waals surface area (Å²) in [5, 5.41) is 0. The highest BCUT2D eigenvalue weighted by Gasteiger charge is 1.88. The van der Waals surface area contributed by atoms with Crippen LogP contribution in [-0.2, 0) is 0 Å². The third-order valence-corrected chi connectivity index (χ3v) is 1.88. The predicted molar refractivity (Wildman–Crippen MR) is 56.2 cm³/mol. The first-order valence-corrected chi connectivity index (χ1v) is 4.68. The standard InChI is InChI=1S/C11H11ClO/c12-8-2-1-3-10-4-6-11(9-13)7-5-10/h1,3-7,9H,2,8H2. The summed E-state index contributed by atoms with van der Waals surface area (Å²) in [6.45, 7) is 0. The summed E-state index contributed by atoms with van der Waals surface area (Å²) in [4.78, 5) is 10.3. The molecule has 1 nitrogen and oxygen atoms in total. The molecule has 68 valence electrons. The highest BCUT2D eigenvalue weighted by atomic mass is 35.5. The summed E-state index contributed by atoms with van der Waals surface area (Å²) >= 11 is 5.52. The molecule has 0 aliphatic carbocycles. The van der Waals surface area contributed by atoms with Gasteiger partial charge in [-0.1, -0.05) is 36.4 Å². The molecule has 0 aromatic heterocycles. The third-order valence-electron chi connectivity index (χ3n) is 1.66. The molecular weight excluding hydrogens is 184 g/mol. The van der Waals surface area contributed by atoms with Crippen LogP contribution >= 0.6 is 11.6 Å². The molecule has 2 heteroatoms. The molecule has 0 fully saturated rings. The van der Waals surface area contributed by atoms with Gasteiger partial charge in [0.25, 0.3) is 0 Å². The van der Waals surface area contributed by atoms with Crippen LogP contribution < -0.4 is 0 Å². The van der Waals surface area contributed by atoms with E-state index in [2.05, 4.69) is 0 Å². The van der Waals surface area contributed by atoms with Crippen molar-refractivity contribution in [1.29, 1.82) is 0 Å². The Kier molecular flexibility index (Phi) is 4.27. The van der Waals surface area contributed by atoms with Gasteiger partial charge < -0.3 is 0 Å². The average molecular weight is 195 g/mol. The topological polar surface area (TPSA) is 17.1 Å². The number of carbonyl (C=O) groups excluding carboxylic acids is 1. The molecule has 0 saturated heterocycles. The van der Waals surface area contributed by atoms with E-state index in [9.17, 15) is 4.79 Å². The maximum Gasteiger partial charge on any atom is 0.150 e. The highest BCUT2D eigenvalue weighted by Crippen LogP contribution is 2.05. The van der Waals surface area contributed by atoms with Crippen molar-refractivity contribution in [1.82, 2.24) is 0 Å². The van der Waals surface area contributed by atoms with E-state index < -0.39 is 0 Å². The Morgan fingerprint density at radius 1 is 1.15 bits per heavy atom. The number of hydrogen-bond acceptors (Lipinski definition) is 1. The fourth-order valence-corrected chi connectivity index (χ4v) is 1.09. The maximum atomic E-state index is 10.3. The summed E-state index contributed by atoms with van der Waals surface area (Å²) in [7, 11) is 0. The number of alkyl halides is 1. The van der Waals surface area contributed by atoms with Gasteiger partial charge in [0, 0.05) is 11.4 Å². The molecule has 0 heterocycles. The lowest BCUT2D eigenvalue weighted by atomic mass is 10.1. The van der Waals surface area contributed by atoms with Gasteiger partial charge >= 0.3 is 0 Å². The molecule has 0 atom stereocenters. The lowest BCUT2D eigenvalue weighted by molar-refractivity contribution is 0.112. The third kappa shape index (κ3) is 3.43. The molecule has 0 unspecified atom stereocenters. The summed E-state index contributed by atoms with van der Waals surface area (Å²) in [6, 6.07) is 7.42. The van der Waals surface area contributed by atoms with Crippen LogP contribution in [0, 0.1) is 0 Å². The molecule has 0 aliphatic rings. The summed E-state index contributed by atoms with van der Waals surface area (Å²) in [5.74, 6) is 0.642. The Morgan fingerprint density at radius 3 is 2.31 bits per heavy atom. The van der Waals surface area contributed by atoms with Crippen LogP contribution in [0.3, 0.4) is 0 Å². The van der Waals surface area contributed by atoms with Crippen molar-refractivity contribution in [3.8, 4) is 0 Å². The van der Waals surface area contributed by atoms with Gasteiger partial charge in [0.05, 0.1) is 0 Å². The fourth-order valence-electron chi connectivity index (χ4n) is 0.968. The van der Waals surface area contributed by atoms with E-state index in [1.165, 1.54) is 0 Å². The van der Waals surface area contributed by atoms with Gasteiger partial charge in [0.2, 0.25) is 0 Å². The Labute approximate surface area is 83.0 Å². The lowest BCUT2D eigenvalue weighted by Crippen LogP contribution is -1.78. The second-order valence-electron chi connectivity index (χ2n) is 2.66. The predicted octanol–water partition coefficient (Wildman–Crippen LogP) is 3.14. The van der Waals surface area contributed by atoms with Crippen LogP contribution in [0.5, 0.6) is 0 Å². The van der Waals surface area contributed by atoms with Crippen LogP contribution in [0.1, 0.15) is 22.3 Å². The molecule has 0 bridgehead atoms. The molecule has 13 heavy (non-hydrogen) atoms. The van der Waals surface area contributed by atoms with Crippen LogP contribution in [-0.4, -0.2) is 12.2 Å². The summed E-state index contributed by atoms with van der Waals surface area (Å²) in [5.41, 5.74) is 1.80. The van der Waals surface area contributed by atoms with E-state index >= 15 is 0 Å². The van der Waals surface area contributed by atoms with E-state index in [1.54, 1.807) is 12.1 Å². The molecule has 1 rings (SSSR count). The number of allylic oxidation sites excluding steroid dienone is 1. The Bertz CT molecular complexity index is 287. The molecule has 1 aromatic carbocycles. The quantitative estimate of drug-likeness (QED) is 0.532. The number of carbonyl (C=O) groups is 1. The zero-order chi connectivity index (χ0) is 9.52. The first-order valence-electron chi connectivity index (χ1n) is 4.14. The molecule has 0 N–H and O–H groups in total. The van der Waals surface area contributed by atoms with Crippen molar-refractivity contribution in [3.05, 3.63) is 41.5 Å². The van der Waals surface area contributed by atoms with Crippen molar-refractivity contribution in [2.75, 3.05) is 5.88 Å². The number of hydrogen-bond donors (Lipinski definition) is 0. The van der Waals surface area contributed by atoms with Crippen molar-refractivity contribution in [2.24, 2.45) is 0 Å². The zero-order valence-corrected chi connectivity index (χ0v) is 8.00.